The quantitative estimate of drug-likeness (QED) is 0.841. The Kier molecular flexibility index (Phi) is 3.06. The van der Waals surface area contributed by atoms with Crippen molar-refractivity contribution in [1.82, 2.24) is 5.32 Å². The third-order valence-electron chi connectivity index (χ3n) is 4.07. The predicted octanol–water partition coefficient (Wildman–Crippen LogP) is 2.77. The molecule has 0 aromatic heterocycles. The van der Waals surface area contributed by atoms with Crippen LogP contribution in [0.3, 0.4) is 0 Å². The molecule has 0 saturated heterocycles. The zero-order valence-electron chi connectivity index (χ0n) is 10.5. The molecule has 2 atom stereocenters. The Hall–Kier alpha value is -1.02. The van der Waals surface area contributed by atoms with Crippen LogP contribution < -0.4 is 10.1 Å². The maximum Gasteiger partial charge on any atom is 0.123 e. The van der Waals surface area contributed by atoms with Crippen molar-refractivity contribution in [1.29, 1.82) is 0 Å². The lowest BCUT2D eigenvalue weighted by atomic mass is 9.99. The minimum atomic E-state index is 0.330. The minimum Gasteiger partial charge on any atom is -0.488 e. The van der Waals surface area contributed by atoms with Crippen LogP contribution >= 0.6 is 0 Å². The van der Waals surface area contributed by atoms with Gasteiger partial charge in [0.2, 0.25) is 0 Å². The van der Waals surface area contributed by atoms with Crippen molar-refractivity contribution >= 4 is 0 Å². The highest BCUT2D eigenvalue weighted by Gasteiger charge is 2.30. The Morgan fingerprint density at radius 3 is 2.88 bits per heavy atom. The van der Waals surface area contributed by atoms with E-state index in [9.17, 15) is 0 Å². The molecule has 0 amide bonds. The SMILES string of the molecule is CNC(CCC1CC1)C1Cc2ccccc2O1. The third-order valence-corrected chi connectivity index (χ3v) is 4.07. The molecular formula is C15H21NO. The van der Waals surface area contributed by atoms with Gasteiger partial charge < -0.3 is 10.1 Å². The molecule has 0 bridgehead atoms. The molecule has 0 spiro atoms. The van der Waals surface area contributed by atoms with Gasteiger partial charge >= 0.3 is 0 Å². The maximum atomic E-state index is 6.05. The van der Waals surface area contributed by atoms with E-state index in [1.807, 2.05) is 0 Å². The number of fused-ring (bicyclic) bond motifs is 1. The fourth-order valence-corrected chi connectivity index (χ4v) is 2.77. The number of rotatable bonds is 5. The fraction of sp³-hybridized carbons (Fsp3) is 0.600. The second-order valence-electron chi connectivity index (χ2n) is 5.38. The van der Waals surface area contributed by atoms with E-state index in [4.69, 9.17) is 4.74 Å². The normalized spacial score (nSPS) is 24.2. The first-order chi connectivity index (χ1) is 8.36. The van der Waals surface area contributed by atoms with Gasteiger partial charge in [-0.05, 0) is 37.4 Å². The van der Waals surface area contributed by atoms with Crippen LogP contribution in [0, 0.1) is 5.92 Å². The first kappa shape index (κ1) is 11.1. The summed E-state index contributed by atoms with van der Waals surface area (Å²) in [4.78, 5) is 0. The lowest BCUT2D eigenvalue weighted by Gasteiger charge is -2.22. The number of para-hydroxylation sites is 1. The van der Waals surface area contributed by atoms with Gasteiger partial charge in [0.15, 0.2) is 0 Å². The largest absolute Gasteiger partial charge is 0.488 e. The molecule has 2 nitrogen and oxygen atoms in total. The number of nitrogens with one attached hydrogen (secondary N) is 1. The lowest BCUT2D eigenvalue weighted by molar-refractivity contribution is 0.174. The van der Waals surface area contributed by atoms with E-state index >= 15 is 0 Å². The van der Waals surface area contributed by atoms with Crippen molar-refractivity contribution in [2.24, 2.45) is 5.92 Å². The van der Waals surface area contributed by atoms with Gasteiger partial charge in [0.1, 0.15) is 11.9 Å². The van der Waals surface area contributed by atoms with Gasteiger partial charge in [-0.2, -0.15) is 0 Å². The fourth-order valence-electron chi connectivity index (χ4n) is 2.77. The van der Waals surface area contributed by atoms with E-state index in [-0.39, 0.29) is 0 Å². The van der Waals surface area contributed by atoms with Crippen molar-refractivity contribution in [3.63, 3.8) is 0 Å². The summed E-state index contributed by atoms with van der Waals surface area (Å²) in [5.41, 5.74) is 1.36. The Balaban J connectivity index is 1.60. The summed E-state index contributed by atoms with van der Waals surface area (Å²) in [5, 5.41) is 3.44. The first-order valence-corrected chi connectivity index (χ1v) is 6.78. The van der Waals surface area contributed by atoms with E-state index < -0.39 is 0 Å². The average Bonchev–Trinajstić information content (AvgIpc) is 3.08. The molecule has 17 heavy (non-hydrogen) atoms. The van der Waals surface area contributed by atoms with Crippen LogP contribution in [0.4, 0.5) is 0 Å². The Labute approximate surface area is 103 Å². The molecule has 3 rings (SSSR count). The van der Waals surface area contributed by atoms with Crippen LogP contribution in [-0.2, 0) is 6.42 Å². The van der Waals surface area contributed by atoms with E-state index in [1.54, 1.807) is 0 Å². The van der Waals surface area contributed by atoms with Crippen molar-refractivity contribution < 1.29 is 4.74 Å². The van der Waals surface area contributed by atoms with E-state index in [2.05, 4.69) is 36.6 Å². The number of hydrogen-bond donors (Lipinski definition) is 1. The average molecular weight is 231 g/mol. The van der Waals surface area contributed by atoms with Crippen molar-refractivity contribution in [2.75, 3.05) is 7.05 Å². The van der Waals surface area contributed by atoms with Crippen LogP contribution in [0.1, 0.15) is 31.2 Å². The maximum absolute atomic E-state index is 6.05. The topological polar surface area (TPSA) is 21.3 Å². The van der Waals surface area contributed by atoms with Gasteiger partial charge in [-0.15, -0.1) is 0 Å². The van der Waals surface area contributed by atoms with Gasteiger partial charge in [-0.3, -0.25) is 0 Å². The Bertz CT molecular complexity index is 361. The molecule has 1 aliphatic heterocycles. The highest BCUT2D eigenvalue weighted by atomic mass is 16.5. The van der Waals surface area contributed by atoms with Gasteiger partial charge in [-0.25, -0.2) is 0 Å². The predicted molar refractivity (Wildman–Crippen MR) is 69.4 cm³/mol. The van der Waals surface area contributed by atoms with Gasteiger partial charge in [0.25, 0.3) is 0 Å². The summed E-state index contributed by atoms with van der Waals surface area (Å²) in [6.45, 7) is 0. The molecule has 92 valence electrons. The van der Waals surface area contributed by atoms with Crippen LogP contribution in [0.25, 0.3) is 0 Å². The molecule has 2 unspecified atom stereocenters. The molecular weight excluding hydrogens is 210 g/mol. The molecule has 1 fully saturated rings. The zero-order chi connectivity index (χ0) is 11.7. The monoisotopic (exact) mass is 231 g/mol. The lowest BCUT2D eigenvalue weighted by Crippen LogP contribution is -2.40. The van der Waals surface area contributed by atoms with E-state index in [1.165, 1.54) is 31.2 Å². The summed E-state index contributed by atoms with van der Waals surface area (Å²) in [7, 11) is 2.06. The third kappa shape index (κ3) is 2.47. The highest BCUT2D eigenvalue weighted by Crippen LogP contribution is 2.35. The molecule has 2 heteroatoms. The first-order valence-electron chi connectivity index (χ1n) is 6.78. The minimum absolute atomic E-state index is 0.330. The number of likely N-dealkylation sites (N-methyl/N-ethyl adjacent to an activating group) is 1. The summed E-state index contributed by atoms with van der Waals surface area (Å²) in [5.74, 6) is 2.10. The van der Waals surface area contributed by atoms with Gasteiger partial charge in [0, 0.05) is 12.5 Å². The number of benzene rings is 1. The summed E-state index contributed by atoms with van der Waals surface area (Å²) in [6.07, 6.45) is 6.90. The van der Waals surface area contributed by atoms with Gasteiger partial charge in [-0.1, -0.05) is 31.0 Å². The van der Waals surface area contributed by atoms with Crippen molar-refractivity contribution in [3.05, 3.63) is 29.8 Å². The molecule has 1 aromatic carbocycles. The van der Waals surface area contributed by atoms with E-state index in [0.29, 0.717) is 12.1 Å². The Morgan fingerprint density at radius 2 is 2.18 bits per heavy atom. The summed E-state index contributed by atoms with van der Waals surface area (Å²) in [6, 6.07) is 8.93. The summed E-state index contributed by atoms with van der Waals surface area (Å²) < 4.78 is 6.05. The van der Waals surface area contributed by atoms with Crippen molar-refractivity contribution in [3.8, 4) is 5.75 Å². The van der Waals surface area contributed by atoms with E-state index in [0.717, 1.165) is 18.1 Å². The van der Waals surface area contributed by atoms with Crippen LogP contribution in [-0.4, -0.2) is 19.2 Å². The Morgan fingerprint density at radius 1 is 1.35 bits per heavy atom. The molecule has 1 aliphatic carbocycles. The molecule has 1 heterocycles. The number of ether oxygens (including phenoxy) is 1. The van der Waals surface area contributed by atoms with Crippen LogP contribution in [0.5, 0.6) is 5.75 Å². The second-order valence-corrected chi connectivity index (χ2v) is 5.38. The standard InChI is InChI=1S/C15H21NO/c1-16-13(9-8-11-6-7-11)15-10-12-4-2-3-5-14(12)17-15/h2-5,11,13,15-16H,6-10H2,1H3. The highest BCUT2D eigenvalue weighted by molar-refractivity contribution is 5.37. The molecule has 1 saturated carbocycles. The molecule has 1 aromatic rings. The second kappa shape index (κ2) is 4.69. The zero-order valence-corrected chi connectivity index (χ0v) is 10.5. The van der Waals surface area contributed by atoms with Gasteiger partial charge in [0.05, 0.1) is 0 Å². The van der Waals surface area contributed by atoms with Crippen LogP contribution in [0.15, 0.2) is 24.3 Å². The van der Waals surface area contributed by atoms with Crippen molar-refractivity contribution in [2.45, 2.75) is 44.2 Å². The number of hydrogen-bond acceptors (Lipinski definition) is 2. The smallest absolute Gasteiger partial charge is 0.123 e. The molecule has 0 radical (unpaired) electrons. The molecule has 1 N–H and O–H groups in total. The summed E-state index contributed by atoms with van der Waals surface area (Å²) >= 11 is 0. The van der Waals surface area contributed by atoms with Crippen LogP contribution in [0.2, 0.25) is 0 Å². The molecule has 2 aliphatic rings.